The number of aromatic nitrogens is 4. The predicted octanol–water partition coefficient (Wildman–Crippen LogP) is 0.777. The first-order chi connectivity index (χ1) is 7.77. The summed E-state index contributed by atoms with van der Waals surface area (Å²) in [6, 6.07) is 3.65. The van der Waals surface area contributed by atoms with Crippen LogP contribution in [0.2, 0.25) is 0 Å². The van der Waals surface area contributed by atoms with Crippen molar-refractivity contribution in [1.82, 2.24) is 20.2 Å². The topological polar surface area (TPSA) is 83.6 Å². The molecule has 0 saturated carbocycles. The molecule has 0 aliphatic carbocycles. The van der Waals surface area contributed by atoms with Gasteiger partial charge in [-0.2, -0.15) is 10.2 Å². The van der Waals surface area contributed by atoms with Crippen LogP contribution in [0.15, 0.2) is 29.5 Å². The van der Waals surface area contributed by atoms with Crippen molar-refractivity contribution in [3.8, 4) is 0 Å². The Morgan fingerprint density at radius 1 is 1.50 bits per heavy atom. The minimum atomic E-state index is -0.155. The summed E-state index contributed by atoms with van der Waals surface area (Å²) in [5, 5.41) is 10.7. The fourth-order valence-corrected chi connectivity index (χ4v) is 1.59. The average molecular weight is 329 g/mol. The molecule has 7 heteroatoms. The Labute approximate surface area is 105 Å². The van der Waals surface area contributed by atoms with Crippen LogP contribution in [0.25, 0.3) is 0 Å². The van der Waals surface area contributed by atoms with Crippen LogP contribution in [0.3, 0.4) is 0 Å². The van der Waals surface area contributed by atoms with Gasteiger partial charge in [-0.3, -0.25) is 4.79 Å². The van der Waals surface area contributed by atoms with Gasteiger partial charge in [-0.15, -0.1) is 0 Å². The number of halogens is 1. The molecule has 0 aliphatic rings. The third kappa shape index (κ3) is 2.54. The highest BCUT2D eigenvalue weighted by Crippen LogP contribution is 2.09. The van der Waals surface area contributed by atoms with Gasteiger partial charge in [0.05, 0.1) is 18.6 Å². The van der Waals surface area contributed by atoms with E-state index in [9.17, 15) is 4.79 Å². The maximum atomic E-state index is 11.3. The number of nitrogens with zero attached hydrogens (tertiary/aromatic N) is 3. The summed E-state index contributed by atoms with van der Waals surface area (Å²) in [5.74, 6) is 0.551. The van der Waals surface area contributed by atoms with E-state index in [2.05, 4.69) is 25.5 Å². The van der Waals surface area contributed by atoms with Crippen molar-refractivity contribution in [2.45, 2.75) is 6.54 Å². The van der Waals surface area contributed by atoms with Crippen LogP contribution < -0.4 is 10.9 Å². The lowest BCUT2D eigenvalue weighted by Gasteiger charge is -2.04. The number of aromatic amines is 1. The Bertz CT molecular complexity index is 527. The molecule has 0 amide bonds. The van der Waals surface area contributed by atoms with Crippen molar-refractivity contribution in [3.63, 3.8) is 0 Å². The van der Waals surface area contributed by atoms with E-state index in [4.69, 9.17) is 0 Å². The minimum Gasteiger partial charge on any atom is -0.363 e. The van der Waals surface area contributed by atoms with Gasteiger partial charge < -0.3 is 10.3 Å². The predicted molar refractivity (Wildman–Crippen MR) is 66.9 cm³/mol. The third-order valence-corrected chi connectivity index (χ3v) is 2.86. The number of H-pyrrole nitrogens is 1. The fraction of sp³-hybridized carbons (Fsp3) is 0.111. The molecule has 2 N–H and O–H groups in total. The standard InChI is InChI=1S/C9H8IN5O/c10-7-8(12-5-13-9(7)16)11-4-6-2-1-3-14-15-6/h1-3,5H,4H2,(H2,11,12,13,16). The van der Waals surface area contributed by atoms with Crippen LogP contribution in [0.4, 0.5) is 5.82 Å². The largest absolute Gasteiger partial charge is 0.363 e. The maximum absolute atomic E-state index is 11.3. The van der Waals surface area contributed by atoms with E-state index in [-0.39, 0.29) is 5.56 Å². The van der Waals surface area contributed by atoms with Crippen molar-refractivity contribution >= 4 is 28.4 Å². The van der Waals surface area contributed by atoms with Crippen LogP contribution in [-0.4, -0.2) is 20.2 Å². The molecular formula is C9H8IN5O. The lowest BCUT2D eigenvalue weighted by molar-refractivity contribution is 0.916. The van der Waals surface area contributed by atoms with E-state index >= 15 is 0 Å². The highest BCUT2D eigenvalue weighted by Gasteiger charge is 2.04. The molecule has 0 radical (unpaired) electrons. The van der Waals surface area contributed by atoms with Crippen LogP contribution >= 0.6 is 22.6 Å². The number of rotatable bonds is 3. The smallest absolute Gasteiger partial charge is 0.266 e. The molecule has 0 spiro atoms. The van der Waals surface area contributed by atoms with Crippen molar-refractivity contribution in [2.24, 2.45) is 0 Å². The molecule has 0 aromatic carbocycles. The van der Waals surface area contributed by atoms with Crippen LogP contribution in [0, 0.1) is 3.57 Å². The number of anilines is 1. The lowest BCUT2D eigenvalue weighted by atomic mass is 10.4. The highest BCUT2D eigenvalue weighted by atomic mass is 127. The van der Waals surface area contributed by atoms with E-state index in [0.29, 0.717) is 15.9 Å². The van der Waals surface area contributed by atoms with Gasteiger partial charge in [-0.25, -0.2) is 4.98 Å². The third-order valence-electron chi connectivity index (χ3n) is 1.86. The second-order valence-electron chi connectivity index (χ2n) is 2.96. The van der Waals surface area contributed by atoms with E-state index in [1.54, 1.807) is 12.3 Å². The van der Waals surface area contributed by atoms with Gasteiger partial charge >= 0.3 is 0 Å². The average Bonchev–Trinajstić information content (AvgIpc) is 2.32. The summed E-state index contributed by atoms with van der Waals surface area (Å²) in [5.41, 5.74) is 0.637. The van der Waals surface area contributed by atoms with Gasteiger partial charge in [-0.05, 0) is 34.7 Å². The fourth-order valence-electron chi connectivity index (χ4n) is 1.11. The van der Waals surface area contributed by atoms with Crippen LogP contribution in [0.1, 0.15) is 5.69 Å². The molecule has 0 aliphatic heterocycles. The molecule has 2 heterocycles. The quantitative estimate of drug-likeness (QED) is 0.813. The molecule has 2 aromatic heterocycles. The van der Waals surface area contributed by atoms with Crippen LogP contribution in [-0.2, 0) is 6.54 Å². The van der Waals surface area contributed by atoms with E-state index in [0.717, 1.165) is 5.69 Å². The first-order valence-electron chi connectivity index (χ1n) is 4.51. The molecular weight excluding hydrogens is 321 g/mol. The molecule has 0 unspecified atom stereocenters. The van der Waals surface area contributed by atoms with Crippen molar-refractivity contribution in [1.29, 1.82) is 0 Å². The van der Waals surface area contributed by atoms with E-state index in [1.165, 1.54) is 6.33 Å². The molecule has 2 rings (SSSR count). The first kappa shape index (κ1) is 11.0. The second-order valence-corrected chi connectivity index (χ2v) is 4.04. The summed E-state index contributed by atoms with van der Waals surface area (Å²) in [7, 11) is 0. The van der Waals surface area contributed by atoms with Crippen molar-refractivity contribution in [2.75, 3.05) is 5.32 Å². The Balaban J connectivity index is 2.11. The molecule has 0 saturated heterocycles. The molecule has 6 nitrogen and oxygen atoms in total. The molecule has 2 aromatic rings. The normalized spacial score (nSPS) is 10.1. The zero-order valence-electron chi connectivity index (χ0n) is 8.14. The van der Waals surface area contributed by atoms with Gasteiger partial charge in [0.25, 0.3) is 5.56 Å². The van der Waals surface area contributed by atoms with Gasteiger partial charge in [0.2, 0.25) is 0 Å². The Morgan fingerprint density at radius 2 is 2.38 bits per heavy atom. The minimum absolute atomic E-state index is 0.155. The number of hydrogen-bond acceptors (Lipinski definition) is 5. The molecule has 0 atom stereocenters. The summed E-state index contributed by atoms with van der Waals surface area (Å²) >= 11 is 1.94. The Morgan fingerprint density at radius 3 is 3.12 bits per heavy atom. The summed E-state index contributed by atoms with van der Waals surface area (Å²) in [6.45, 7) is 0.486. The molecule has 82 valence electrons. The van der Waals surface area contributed by atoms with Gasteiger partial charge in [0.15, 0.2) is 0 Å². The van der Waals surface area contributed by atoms with Gasteiger partial charge in [0.1, 0.15) is 9.39 Å². The zero-order valence-corrected chi connectivity index (χ0v) is 10.3. The monoisotopic (exact) mass is 329 g/mol. The molecule has 16 heavy (non-hydrogen) atoms. The van der Waals surface area contributed by atoms with Crippen molar-refractivity contribution < 1.29 is 0 Å². The lowest BCUT2D eigenvalue weighted by Crippen LogP contribution is -2.15. The number of nitrogens with one attached hydrogen (secondary N) is 2. The highest BCUT2D eigenvalue weighted by molar-refractivity contribution is 14.1. The van der Waals surface area contributed by atoms with Crippen LogP contribution in [0.5, 0.6) is 0 Å². The summed E-state index contributed by atoms with van der Waals surface area (Å²) in [4.78, 5) is 17.8. The van der Waals surface area contributed by atoms with Gasteiger partial charge in [-0.1, -0.05) is 0 Å². The maximum Gasteiger partial charge on any atom is 0.266 e. The Hall–Kier alpha value is -1.51. The van der Waals surface area contributed by atoms with E-state index in [1.807, 2.05) is 28.7 Å². The second kappa shape index (κ2) is 5.01. The van der Waals surface area contributed by atoms with Crippen molar-refractivity contribution in [3.05, 3.63) is 44.3 Å². The summed E-state index contributed by atoms with van der Waals surface area (Å²) < 4.78 is 0.531. The molecule has 0 bridgehead atoms. The van der Waals surface area contributed by atoms with Gasteiger partial charge in [0, 0.05) is 6.20 Å². The SMILES string of the molecule is O=c1[nH]cnc(NCc2cccnn2)c1I. The first-order valence-corrected chi connectivity index (χ1v) is 5.59. The molecule has 0 fully saturated rings. The zero-order chi connectivity index (χ0) is 11.4. The summed E-state index contributed by atoms with van der Waals surface area (Å²) in [6.07, 6.45) is 2.97. The Kier molecular flexibility index (Phi) is 3.44. The number of hydrogen-bond donors (Lipinski definition) is 2. The van der Waals surface area contributed by atoms with E-state index < -0.39 is 0 Å².